The molecule has 2 aromatic rings. The van der Waals surface area contributed by atoms with Crippen LogP contribution in [0.15, 0.2) is 48.2 Å². The maximum absolute atomic E-state index is 13.1. The van der Waals surface area contributed by atoms with Crippen molar-refractivity contribution in [1.82, 2.24) is 0 Å². The van der Waals surface area contributed by atoms with Crippen molar-refractivity contribution in [2.45, 2.75) is 13.8 Å². The number of anilines is 2. The second-order valence-corrected chi connectivity index (χ2v) is 5.91. The van der Waals surface area contributed by atoms with E-state index in [-0.39, 0.29) is 5.91 Å². The van der Waals surface area contributed by atoms with Crippen molar-refractivity contribution < 1.29 is 9.53 Å². The lowest BCUT2D eigenvalue weighted by Gasteiger charge is -2.20. The molecule has 0 fully saturated rings. The number of carbonyl (C=O) groups is 1. The average molecular weight is 348 g/mol. The molecular weight excluding hydrogens is 333 g/mol. The molecule has 118 valence electrons. The zero-order valence-electron chi connectivity index (χ0n) is 12.8. The van der Waals surface area contributed by atoms with E-state index in [1.165, 1.54) is 0 Å². The highest BCUT2D eigenvalue weighted by atomic mass is 35.5. The first-order valence-electron chi connectivity index (χ1n) is 7.27. The van der Waals surface area contributed by atoms with Crippen LogP contribution < -0.4 is 4.90 Å². The van der Waals surface area contributed by atoms with E-state index in [4.69, 9.17) is 27.9 Å². The smallest absolute Gasteiger partial charge is 0.267 e. The molecule has 23 heavy (non-hydrogen) atoms. The minimum absolute atomic E-state index is 0.188. The Bertz CT molecular complexity index is 794. The molecule has 1 aliphatic heterocycles. The number of benzene rings is 2. The molecule has 0 bridgehead atoms. The van der Waals surface area contributed by atoms with Gasteiger partial charge >= 0.3 is 0 Å². The number of allylic oxidation sites excluding steroid dienone is 1. The lowest BCUT2D eigenvalue weighted by Crippen LogP contribution is -2.21. The summed E-state index contributed by atoms with van der Waals surface area (Å²) in [5, 5.41) is 0.854. The zero-order chi connectivity index (χ0) is 16.6. The van der Waals surface area contributed by atoms with Crippen LogP contribution in [-0.4, -0.2) is 12.5 Å². The van der Waals surface area contributed by atoms with Crippen molar-refractivity contribution in [2.24, 2.45) is 0 Å². The summed E-state index contributed by atoms with van der Waals surface area (Å²) in [6.45, 7) is 4.18. The van der Waals surface area contributed by atoms with Crippen molar-refractivity contribution in [2.75, 3.05) is 11.5 Å². The Morgan fingerprint density at radius 2 is 1.74 bits per heavy atom. The van der Waals surface area contributed by atoms with Gasteiger partial charge in [0.05, 0.1) is 33.6 Å². The van der Waals surface area contributed by atoms with Gasteiger partial charge in [0.1, 0.15) is 5.76 Å². The second kappa shape index (κ2) is 6.26. The molecule has 1 aliphatic rings. The first-order valence-corrected chi connectivity index (χ1v) is 8.03. The van der Waals surface area contributed by atoms with Gasteiger partial charge in [-0.15, -0.1) is 0 Å². The Balaban J connectivity index is 2.25. The summed E-state index contributed by atoms with van der Waals surface area (Å²) in [6.07, 6.45) is 0. The van der Waals surface area contributed by atoms with Crippen LogP contribution in [0.3, 0.4) is 0 Å². The zero-order valence-corrected chi connectivity index (χ0v) is 14.3. The predicted octanol–water partition coefficient (Wildman–Crippen LogP) is 5.44. The van der Waals surface area contributed by atoms with Crippen LogP contribution in [-0.2, 0) is 9.53 Å². The molecule has 0 aromatic heterocycles. The van der Waals surface area contributed by atoms with Crippen LogP contribution in [0, 0.1) is 0 Å². The Morgan fingerprint density at radius 1 is 1.09 bits per heavy atom. The number of hydrogen-bond acceptors (Lipinski definition) is 2. The molecule has 0 saturated carbocycles. The fourth-order valence-electron chi connectivity index (χ4n) is 2.77. The molecular formula is C18H15Cl2NO2. The molecule has 0 radical (unpaired) electrons. The number of amides is 1. The van der Waals surface area contributed by atoms with Gasteiger partial charge in [-0.2, -0.15) is 0 Å². The van der Waals surface area contributed by atoms with E-state index in [0.717, 1.165) is 11.3 Å². The molecule has 2 aromatic carbocycles. The number of halogens is 2. The van der Waals surface area contributed by atoms with Crippen LogP contribution in [0.5, 0.6) is 0 Å². The van der Waals surface area contributed by atoms with Crippen LogP contribution in [0.25, 0.3) is 5.57 Å². The number of rotatable bonds is 3. The molecule has 3 rings (SSSR count). The molecule has 0 atom stereocenters. The minimum Gasteiger partial charge on any atom is -0.498 e. The minimum atomic E-state index is -0.188. The fourth-order valence-corrected chi connectivity index (χ4v) is 3.34. The quantitative estimate of drug-likeness (QED) is 0.546. The van der Waals surface area contributed by atoms with E-state index in [1.807, 2.05) is 31.2 Å². The summed E-state index contributed by atoms with van der Waals surface area (Å²) in [5.41, 5.74) is 2.60. The van der Waals surface area contributed by atoms with Crippen LogP contribution in [0.4, 0.5) is 11.4 Å². The summed E-state index contributed by atoms with van der Waals surface area (Å²) in [7, 11) is 0. The Labute approximate surface area is 145 Å². The highest BCUT2D eigenvalue weighted by Gasteiger charge is 2.37. The highest BCUT2D eigenvalue weighted by molar-refractivity contribution is 6.44. The molecule has 3 nitrogen and oxygen atoms in total. The van der Waals surface area contributed by atoms with Crippen LogP contribution in [0.1, 0.15) is 19.4 Å². The molecule has 0 aliphatic carbocycles. The summed E-state index contributed by atoms with van der Waals surface area (Å²) in [4.78, 5) is 14.6. The Kier molecular flexibility index (Phi) is 4.33. The van der Waals surface area contributed by atoms with E-state index in [9.17, 15) is 4.79 Å². The number of carbonyl (C=O) groups excluding carboxylic acids is 1. The largest absolute Gasteiger partial charge is 0.498 e. The maximum Gasteiger partial charge on any atom is 0.267 e. The van der Waals surface area contributed by atoms with Gasteiger partial charge in [-0.25, -0.2) is 0 Å². The van der Waals surface area contributed by atoms with Crippen molar-refractivity contribution in [3.63, 3.8) is 0 Å². The number of hydrogen-bond donors (Lipinski definition) is 0. The number of nitrogens with zero attached hydrogens (tertiary/aromatic N) is 1. The van der Waals surface area contributed by atoms with Crippen molar-refractivity contribution >= 4 is 46.1 Å². The third-order valence-electron chi connectivity index (χ3n) is 3.71. The summed E-state index contributed by atoms with van der Waals surface area (Å²) in [6, 6.07) is 12.7. The van der Waals surface area contributed by atoms with Gasteiger partial charge in [0.2, 0.25) is 0 Å². The third kappa shape index (κ3) is 2.60. The SMILES string of the molecule is CCO/C(C)=C1\C(=O)N(c2c(Cl)cccc2Cl)c2ccccc21. The van der Waals surface area contributed by atoms with E-state index < -0.39 is 0 Å². The van der Waals surface area contributed by atoms with E-state index in [1.54, 1.807) is 30.0 Å². The second-order valence-electron chi connectivity index (χ2n) is 5.09. The Morgan fingerprint density at radius 3 is 2.39 bits per heavy atom. The lowest BCUT2D eigenvalue weighted by atomic mass is 10.1. The van der Waals surface area contributed by atoms with Crippen molar-refractivity contribution in [3.8, 4) is 0 Å². The summed E-state index contributed by atoms with van der Waals surface area (Å²) in [5.74, 6) is 0.405. The first-order chi connectivity index (χ1) is 11.1. The molecule has 5 heteroatoms. The van der Waals surface area contributed by atoms with E-state index >= 15 is 0 Å². The molecule has 0 saturated heterocycles. The van der Waals surface area contributed by atoms with E-state index in [0.29, 0.717) is 33.7 Å². The highest BCUT2D eigenvalue weighted by Crippen LogP contribution is 2.47. The van der Waals surface area contributed by atoms with Gasteiger partial charge < -0.3 is 4.74 Å². The van der Waals surface area contributed by atoms with E-state index in [2.05, 4.69) is 0 Å². The van der Waals surface area contributed by atoms with Gasteiger partial charge in [-0.05, 0) is 32.0 Å². The van der Waals surface area contributed by atoms with Gasteiger partial charge in [0.15, 0.2) is 0 Å². The fraction of sp³-hybridized carbons (Fsp3) is 0.167. The monoisotopic (exact) mass is 347 g/mol. The molecule has 0 N–H and O–H groups in total. The lowest BCUT2D eigenvalue weighted by molar-refractivity contribution is -0.112. The number of ether oxygens (including phenoxy) is 1. The molecule has 1 amide bonds. The molecule has 0 unspecified atom stereocenters. The third-order valence-corrected chi connectivity index (χ3v) is 4.32. The standard InChI is InChI=1S/C18H15Cl2NO2/c1-3-23-11(2)16-12-7-4-5-10-15(12)21(18(16)22)17-13(19)8-6-9-14(17)20/h4-10H,3H2,1-2H3/b16-11-. The Hall–Kier alpha value is -1.97. The van der Waals surface area contributed by atoms with Crippen molar-refractivity contribution in [3.05, 3.63) is 63.8 Å². The number of fused-ring (bicyclic) bond motifs is 1. The van der Waals surface area contributed by atoms with Crippen LogP contribution >= 0.6 is 23.2 Å². The summed E-state index contributed by atoms with van der Waals surface area (Å²) >= 11 is 12.6. The molecule has 0 spiro atoms. The van der Waals surface area contributed by atoms with Gasteiger partial charge in [0.25, 0.3) is 5.91 Å². The predicted molar refractivity (Wildman–Crippen MR) is 94.3 cm³/mol. The van der Waals surface area contributed by atoms with Crippen molar-refractivity contribution in [1.29, 1.82) is 0 Å². The topological polar surface area (TPSA) is 29.5 Å². The molecule has 1 heterocycles. The normalized spacial score (nSPS) is 15.7. The van der Waals surface area contributed by atoms with Crippen LogP contribution in [0.2, 0.25) is 10.0 Å². The summed E-state index contributed by atoms with van der Waals surface area (Å²) < 4.78 is 5.56. The van der Waals surface area contributed by atoms with Gasteiger partial charge in [-0.3, -0.25) is 9.69 Å². The average Bonchev–Trinajstić information content (AvgIpc) is 2.80. The first kappa shape index (κ1) is 15.9. The number of para-hydroxylation sites is 2. The maximum atomic E-state index is 13.1. The van der Waals surface area contributed by atoms with Gasteiger partial charge in [-0.1, -0.05) is 47.5 Å². The van der Waals surface area contributed by atoms with Gasteiger partial charge in [0, 0.05) is 5.56 Å².